The Morgan fingerprint density at radius 1 is 1.31 bits per heavy atom. The third-order valence-corrected chi connectivity index (χ3v) is 3.87. The van der Waals surface area contributed by atoms with Crippen LogP contribution in [0.15, 0.2) is 18.2 Å². The average Bonchev–Trinajstić information content (AvgIpc) is 2.57. The summed E-state index contributed by atoms with van der Waals surface area (Å²) in [7, 11) is 0. The molecule has 4 heteroatoms. The third kappa shape index (κ3) is 2.68. The van der Waals surface area contributed by atoms with Crippen LogP contribution < -0.4 is 10.6 Å². The summed E-state index contributed by atoms with van der Waals surface area (Å²) in [6.45, 7) is 2.48. The van der Waals surface area contributed by atoms with Crippen LogP contribution in [0, 0.1) is 5.82 Å². The zero-order valence-corrected chi connectivity index (χ0v) is 10.1. The SMILES string of the molecule is NCc1cc(F)ccc1N1CCCSCC1. The van der Waals surface area contributed by atoms with Crippen LogP contribution in [0.25, 0.3) is 0 Å². The van der Waals surface area contributed by atoms with Crippen molar-refractivity contribution in [2.24, 2.45) is 5.73 Å². The van der Waals surface area contributed by atoms with Gasteiger partial charge in [-0.3, -0.25) is 0 Å². The van der Waals surface area contributed by atoms with Gasteiger partial charge in [0.15, 0.2) is 0 Å². The molecule has 1 aliphatic heterocycles. The molecule has 0 amide bonds. The minimum absolute atomic E-state index is 0.201. The summed E-state index contributed by atoms with van der Waals surface area (Å²) >= 11 is 1.98. The Kier molecular flexibility index (Phi) is 4.07. The van der Waals surface area contributed by atoms with Gasteiger partial charge in [-0.2, -0.15) is 11.8 Å². The maximum absolute atomic E-state index is 13.1. The van der Waals surface area contributed by atoms with Crippen molar-refractivity contribution in [3.8, 4) is 0 Å². The normalized spacial score (nSPS) is 17.2. The van der Waals surface area contributed by atoms with E-state index in [1.807, 2.05) is 17.8 Å². The largest absolute Gasteiger partial charge is 0.370 e. The van der Waals surface area contributed by atoms with Crippen molar-refractivity contribution in [3.63, 3.8) is 0 Å². The van der Waals surface area contributed by atoms with E-state index in [2.05, 4.69) is 4.90 Å². The Bertz CT molecular complexity index is 349. The van der Waals surface area contributed by atoms with Crippen molar-refractivity contribution in [2.75, 3.05) is 29.5 Å². The predicted molar refractivity (Wildman–Crippen MR) is 68.4 cm³/mol. The molecule has 1 aliphatic rings. The molecule has 1 aromatic rings. The molecule has 0 aliphatic carbocycles. The zero-order valence-electron chi connectivity index (χ0n) is 9.29. The van der Waals surface area contributed by atoms with E-state index in [-0.39, 0.29) is 5.82 Å². The number of thioether (sulfide) groups is 1. The molecule has 16 heavy (non-hydrogen) atoms. The lowest BCUT2D eigenvalue weighted by Gasteiger charge is -2.24. The molecular weight excluding hydrogens is 223 g/mol. The highest BCUT2D eigenvalue weighted by atomic mass is 32.2. The Hall–Kier alpha value is -0.740. The molecule has 88 valence electrons. The van der Waals surface area contributed by atoms with E-state index in [1.165, 1.54) is 18.2 Å². The minimum atomic E-state index is -0.201. The molecule has 0 aromatic heterocycles. The van der Waals surface area contributed by atoms with Gasteiger partial charge in [0.05, 0.1) is 0 Å². The van der Waals surface area contributed by atoms with Crippen molar-refractivity contribution in [1.29, 1.82) is 0 Å². The summed E-state index contributed by atoms with van der Waals surface area (Å²) in [6, 6.07) is 4.92. The number of nitrogens with two attached hydrogens (primary N) is 1. The molecule has 0 spiro atoms. The van der Waals surface area contributed by atoms with Gasteiger partial charge in [-0.15, -0.1) is 0 Å². The number of anilines is 1. The lowest BCUT2D eigenvalue weighted by Crippen LogP contribution is -2.27. The Labute approximate surface area is 100 Å². The van der Waals surface area contributed by atoms with Gasteiger partial charge in [0, 0.05) is 31.1 Å². The molecule has 1 heterocycles. The fourth-order valence-corrected chi connectivity index (χ4v) is 2.90. The highest BCUT2D eigenvalue weighted by Gasteiger charge is 2.13. The van der Waals surface area contributed by atoms with Crippen LogP contribution in [-0.2, 0) is 6.54 Å². The summed E-state index contributed by atoms with van der Waals surface area (Å²) in [5.74, 6) is 2.16. The number of benzene rings is 1. The summed E-state index contributed by atoms with van der Waals surface area (Å²) < 4.78 is 13.1. The molecule has 0 unspecified atom stereocenters. The summed E-state index contributed by atoms with van der Waals surface area (Å²) in [5.41, 5.74) is 7.68. The summed E-state index contributed by atoms with van der Waals surface area (Å²) in [6.07, 6.45) is 1.19. The Balaban J connectivity index is 2.23. The fourth-order valence-electron chi connectivity index (χ4n) is 2.01. The highest BCUT2D eigenvalue weighted by molar-refractivity contribution is 7.99. The number of hydrogen-bond acceptors (Lipinski definition) is 3. The van der Waals surface area contributed by atoms with Gasteiger partial charge >= 0.3 is 0 Å². The van der Waals surface area contributed by atoms with Gasteiger partial charge in [0.25, 0.3) is 0 Å². The van der Waals surface area contributed by atoms with Crippen LogP contribution in [0.1, 0.15) is 12.0 Å². The molecule has 1 saturated heterocycles. The molecule has 1 fully saturated rings. The summed E-state index contributed by atoms with van der Waals surface area (Å²) in [4.78, 5) is 2.32. The van der Waals surface area contributed by atoms with Crippen LogP contribution in [0.2, 0.25) is 0 Å². The smallest absolute Gasteiger partial charge is 0.123 e. The van der Waals surface area contributed by atoms with E-state index in [4.69, 9.17) is 5.73 Å². The molecule has 0 atom stereocenters. The van der Waals surface area contributed by atoms with Crippen molar-refractivity contribution < 1.29 is 4.39 Å². The van der Waals surface area contributed by atoms with Gasteiger partial charge in [-0.1, -0.05) is 0 Å². The van der Waals surface area contributed by atoms with E-state index in [0.29, 0.717) is 6.54 Å². The molecule has 2 rings (SSSR count). The predicted octanol–water partition coefficient (Wildman–Crippen LogP) is 2.23. The third-order valence-electron chi connectivity index (χ3n) is 2.82. The first kappa shape index (κ1) is 11.7. The molecule has 0 radical (unpaired) electrons. The topological polar surface area (TPSA) is 29.3 Å². The number of hydrogen-bond donors (Lipinski definition) is 1. The quantitative estimate of drug-likeness (QED) is 0.859. The Morgan fingerprint density at radius 2 is 2.19 bits per heavy atom. The molecule has 1 aromatic carbocycles. The molecule has 2 N–H and O–H groups in total. The second-order valence-electron chi connectivity index (χ2n) is 3.93. The first-order valence-electron chi connectivity index (χ1n) is 5.62. The monoisotopic (exact) mass is 240 g/mol. The van der Waals surface area contributed by atoms with Crippen LogP contribution >= 0.6 is 11.8 Å². The second kappa shape index (κ2) is 5.55. The Morgan fingerprint density at radius 3 is 3.00 bits per heavy atom. The number of nitrogens with zero attached hydrogens (tertiary/aromatic N) is 1. The van der Waals surface area contributed by atoms with Crippen LogP contribution in [0.3, 0.4) is 0 Å². The standard InChI is InChI=1S/C12H17FN2S/c13-11-2-3-12(10(8-11)9-14)15-4-1-6-16-7-5-15/h2-3,8H,1,4-7,9,14H2. The molecule has 0 bridgehead atoms. The van der Waals surface area contributed by atoms with E-state index in [1.54, 1.807) is 6.07 Å². The first-order valence-corrected chi connectivity index (χ1v) is 6.78. The highest BCUT2D eigenvalue weighted by Crippen LogP contribution is 2.24. The minimum Gasteiger partial charge on any atom is -0.370 e. The number of halogens is 1. The molecule has 0 saturated carbocycles. The summed E-state index contributed by atoms with van der Waals surface area (Å²) in [5, 5.41) is 0. The maximum Gasteiger partial charge on any atom is 0.123 e. The van der Waals surface area contributed by atoms with Gasteiger partial charge in [-0.05, 0) is 35.9 Å². The lowest BCUT2D eigenvalue weighted by molar-refractivity contribution is 0.625. The van der Waals surface area contributed by atoms with E-state index in [0.717, 1.165) is 30.1 Å². The average molecular weight is 240 g/mol. The molecular formula is C12H17FN2S. The van der Waals surface area contributed by atoms with Crippen LogP contribution in [0.4, 0.5) is 10.1 Å². The fraction of sp³-hybridized carbons (Fsp3) is 0.500. The van der Waals surface area contributed by atoms with Crippen molar-refractivity contribution in [1.82, 2.24) is 0 Å². The van der Waals surface area contributed by atoms with E-state index in [9.17, 15) is 4.39 Å². The van der Waals surface area contributed by atoms with E-state index < -0.39 is 0 Å². The van der Waals surface area contributed by atoms with Gasteiger partial charge < -0.3 is 10.6 Å². The van der Waals surface area contributed by atoms with Crippen LogP contribution in [0.5, 0.6) is 0 Å². The van der Waals surface area contributed by atoms with Gasteiger partial charge in [0.1, 0.15) is 5.82 Å². The first-order chi connectivity index (χ1) is 7.81. The van der Waals surface area contributed by atoms with E-state index >= 15 is 0 Å². The molecule has 2 nitrogen and oxygen atoms in total. The second-order valence-corrected chi connectivity index (χ2v) is 5.15. The van der Waals surface area contributed by atoms with Gasteiger partial charge in [-0.25, -0.2) is 4.39 Å². The van der Waals surface area contributed by atoms with Crippen molar-refractivity contribution in [3.05, 3.63) is 29.6 Å². The van der Waals surface area contributed by atoms with Crippen molar-refractivity contribution >= 4 is 17.4 Å². The van der Waals surface area contributed by atoms with Crippen molar-refractivity contribution in [2.45, 2.75) is 13.0 Å². The number of rotatable bonds is 2. The zero-order chi connectivity index (χ0) is 11.4. The van der Waals surface area contributed by atoms with Gasteiger partial charge in [0.2, 0.25) is 0 Å². The lowest BCUT2D eigenvalue weighted by atomic mass is 10.1. The van der Waals surface area contributed by atoms with Crippen LogP contribution in [-0.4, -0.2) is 24.6 Å². The maximum atomic E-state index is 13.1.